The SMILES string of the molecule is CC[C@H]1OC(=O)[C@H](C)[C@@H](O[C@H]2C[C@@](C)(OC)[C@@H](O)[C@H](C)O2)[C@H](C)[C@@H](O[C@@H]2O[C@H](C)C[C@H](N(C)C)[C@H]2O)[C@](C)(O)C[C@@H](C)CN(C(=O)CCCCCCC[P+](C)(C)C)[C@H](C)[C@@H](O)[C@]1(C)O.[Cl-]. The Balaban J connectivity index is 0.0000145. The molecular formula is C48H92ClN2O13P. The summed E-state index contributed by atoms with van der Waals surface area (Å²) in [5, 5.41) is 59.8. The number of esters is 1. The van der Waals surface area contributed by atoms with E-state index in [9.17, 15) is 35.1 Å². The van der Waals surface area contributed by atoms with Gasteiger partial charge in [-0.2, -0.15) is 0 Å². The lowest BCUT2D eigenvalue weighted by atomic mass is 9.77. The van der Waals surface area contributed by atoms with E-state index in [0.717, 1.165) is 19.3 Å². The highest BCUT2D eigenvalue weighted by molar-refractivity contribution is 7.73. The minimum absolute atomic E-state index is 0. The highest BCUT2D eigenvalue weighted by Crippen LogP contribution is 2.47. The minimum Gasteiger partial charge on any atom is -1.00 e. The molecular weight excluding hydrogens is 879 g/mol. The zero-order chi connectivity index (χ0) is 48.7. The van der Waals surface area contributed by atoms with Crippen molar-refractivity contribution in [3.63, 3.8) is 0 Å². The number of amides is 1. The Kier molecular flexibility index (Phi) is 23.6. The van der Waals surface area contributed by atoms with E-state index >= 15 is 0 Å². The maximum absolute atomic E-state index is 14.5. The molecule has 0 bridgehead atoms. The number of unbranched alkanes of at least 4 members (excludes halogenated alkanes) is 4. The van der Waals surface area contributed by atoms with Gasteiger partial charge in [-0.05, 0) is 107 Å². The van der Waals surface area contributed by atoms with Gasteiger partial charge in [-0.25, -0.2) is 0 Å². The molecule has 3 fully saturated rings. The van der Waals surface area contributed by atoms with Gasteiger partial charge in [0.1, 0.15) is 30.0 Å². The maximum Gasteiger partial charge on any atom is 0.311 e. The summed E-state index contributed by atoms with van der Waals surface area (Å²) in [4.78, 5) is 32.3. The number of carbonyl (C=O) groups is 2. The number of hydrogen-bond donors (Lipinski definition) is 5. The summed E-state index contributed by atoms with van der Waals surface area (Å²) >= 11 is 0. The van der Waals surface area contributed by atoms with Crippen molar-refractivity contribution in [3.8, 4) is 0 Å². The molecule has 1 amide bonds. The summed E-state index contributed by atoms with van der Waals surface area (Å²) < 4.78 is 38.0. The number of halogens is 1. The number of aliphatic hydroxyl groups excluding tert-OH is 3. The topological polar surface area (TPSA) is 197 Å². The fourth-order valence-corrected chi connectivity index (χ4v) is 11.5. The van der Waals surface area contributed by atoms with E-state index < -0.39 is 103 Å². The van der Waals surface area contributed by atoms with Crippen LogP contribution in [0, 0.1) is 17.8 Å². The fourth-order valence-electron chi connectivity index (χ4n) is 10.4. The molecule has 0 aliphatic carbocycles. The van der Waals surface area contributed by atoms with Gasteiger partial charge in [0.05, 0.1) is 53.7 Å². The molecule has 0 spiro atoms. The van der Waals surface area contributed by atoms with Crippen molar-refractivity contribution < 1.29 is 75.9 Å². The second-order valence-corrected chi connectivity index (χ2v) is 26.8. The second kappa shape index (κ2) is 25.4. The number of ether oxygens (including phenoxy) is 6. The molecule has 0 unspecified atom stereocenters. The van der Waals surface area contributed by atoms with Crippen LogP contribution in [0.5, 0.6) is 0 Å². The van der Waals surface area contributed by atoms with Crippen LogP contribution in [0.1, 0.15) is 133 Å². The predicted molar refractivity (Wildman–Crippen MR) is 251 cm³/mol. The summed E-state index contributed by atoms with van der Waals surface area (Å²) in [5.74, 6) is -3.19. The Bertz CT molecular complexity index is 1460. The van der Waals surface area contributed by atoms with Crippen LogP contribution in [0.15, 0.2) is 0 Å². The highest BCUT2D eigenvalue weighted by Gasteiger charge is 2.53. The molecule has 18 atom stereocenters. The van der Waals surface area contributed by atoms with Gasteiger partial charge in [-0.15, -0.1) is 0 Å². The van der Waals surface area contributed by atoms with Crippen LogP contribution in [-0.2, 0) is 38.0 Å². The standard InChI is InChI=1S/C48H92N2O13P.ClH/c1-17-36-48(10,57)41(53)33(6)50(37(51)23-21-19-18-20-22-24-64(14,15)16)28-29(2)26-46(8,56)43(63-45-39(52)35(49(11)12)25-30(3)59-45)31(4)40(32(5)44(55)61-36)62-38-27-47(9,58-13)42(54)34(7)60-38;/h29-36,38-43,45,52-54,56-57H,17-28H2,1-16H3;1H/q+1;/p-1/t29-,30-,31+,32-,33-,34+,35+,36-,38+,39-,40+,41-,42+,43-,45+,46-,47-,48-;/m1./s1. The van der Waals surface area contributed by atoms with E-state index in [-0.39, 0.29) is 68.6 Å². The van der Waals surface area contributed by atoms with Crippen molar-refractivity contribution >= 4 is 19.1 Å². The van der Waals surface area contributed by atoms with Gasteiger partial charge in [0.15, 0.2) is 12.6 Å². The van der Waals surface area contributed by atoms with E-state index in [2.05, 4.69) is 20.0 Å². The molecule has 0 aromatic heterocycles. The first kappa shape index (κ1) is 60.3. The lowest BCUT2D eigenvalue weighted by molar-refractivity contribution is -0.318. The quantitative estimate of drug-likeness (QED) is 0.0909. The van der Waals surface area contributed by atoms with E-state index in [1.807, 2.05) is 32.8 Å². The lowest BCUT2D eigenvalue weighted by Crippen LogP contribution is -3.00. The van der Waals surface area contributed by atoms with Gasteiger partial charge in [-0.3, -0.25) is 9.59 Å². The zero-order valence-corrected chi connectivity index (χ0v) is 44.5. The third kappa shape index (κ3) is 16.1. The van der Waals surface area contributed by atoms with Gasteiger partial charge in [-0.1, -0.05) is 33.6 Å². The Morgan fingerprint density at radius 1 is 0.892 bits per heavy atom. The Morgan fingerprint density at radius 3 is 2.06 bits per heavy atom. The average Bonchev–Trinajstić information content (AvgIpc) is 3.20. The Hall–Kier alpha value is -0.780. The monoisotopic (exact) mass is 971 g/mol. The minimum atomic E-state index is -1.98. The van der Waals surface area contributed by atoms with Gasteiger partial charge in [0.25, 0.3) is 0 Å². The first-order chi connectivity index (χ1) is 29.5. The molecule has 5 N–H and O–H groups in total. The number of cyclic esters (lactones) is 1. The Labute approximate surface area is 399 Å². The van der Waals surface area contributed by atoms with E-state index in [0.29, 0.717) is 12.8 Å². The molecule has 384 valence electrons. The molecule has 3 saturated heterocycles. The summed E-state index contributed by atoms with van der Waals surface area (Å²) in [5.41, 5.74) is -4.73. The van der Waals surface area contributed by atoms with Gasteiger partial charge in [0.2, 0.25) is 5.91 Å². The molecule has 0 saturated carbocycles. The molecule has 0 aromatic rings. The maximum atomic E-state index is 14.5. The van der Waals surface area contributed by atoms with Crippen LogP contribution < -0.4 is 12.4 Å². The number of likely N-dealkylation sites (N-methyl/N-ethyl adjacent to an activating group) is 1. The van der Waals surface area contributed by atoms with Gasteiger partial charge < -0.3 is 76.2 Å². The number of nitrogens with zero attached hydrogens (tertiary/aromatic N) is 2. The van der Waals surface area contributed by atoms with Crippen LogP contribution in [-0.4, -0.2) is 191 Å². The molecule has 3 aliphatic rings. The summed E-state index contributed by atoms with van der Waals surface area (Å²) in [6, 6.07) is -1.21. The Morgan fingerprint density at radius 2 is 1.49 bits per heavy atom. The fraction of sp³-hybridized carbons (Fsp3) is 0.958. The number of carbonyl (C=O) groups excluding carboxylic acids is 2. The third-order valence-corrected chi connectivity index (χ3v) is 16.1. The normalized spacial score (nSPS) is 41.8. The van der Waals surface area contributed by atoms with E-state index in [1.165, 1.54) is 26.6 Å². The van der Waals surface area contributed by atoms with Crippen molar-refractivity contribution in [2.75, 3.05) is 53.9 Å². The van der Waals surface area contributed by atoms with Crippen LogP contribution in [0.3, 0.4) is 0 Å². The molecule has 65 heavy (non-hydrogen) atoms. The smallest absolute Gasteiger partial charge is 0.311 e. The van der Waals surface area contributed by atoms with E-state index in [1.54, 1.807) is 53.4 Å². The first-order valence-electron chi connectivity index (χ1n) is 24.1. The predicted octanol–water partition coefficient (Wildman–Crippen LogP) is 2.05. The van der Waals surface area contributed by atoms with E-state index in [4.69, 9.17) is 28.4 Å². The summed E-state index contributed by atoms with van der Waals surface area (Å²) in [6.45, 7) is 24.4. The number of aliphatic hydroxyl groups is 5. The van der Waals surface area contributed by atoms with Crippen molar-refractivity contribution in [1.29, 1.82) is 0 Å². The van der Waals surface area contributed by atoms with Crippen LogP contribution in [0.2, 0.25) is 0 Å². The van der Waals surface area contributed by atoms with Crippen molar-refractivity contribution in [3.05, 3.63) is 0 Å². The van der Waals surface area contributed by atoms with Crippen molar-refractivity contribution in [1.82, 2.24) is 9.80 Å². The molecule has 3 aliphatic heterocycles. The number of hydrogen-bond acceptors (Lipinski definition) is 14. The van der Waals surface area contributed by atoms with Gasteiger partial charge in [0, 0.05) is 65.7 Å². The number of rotatable bonds is 15. The second-order valence-electron chi connectivity index (χ2n) is 21.8. The molecule has 0 aromatic carbocycles. The average molecular weight is 972 g/mol. The molecule has 17 heteroatoms. The summed E-state index contributed by atoms with van der Waals surface area (Å²) in [7, 11) is 4.42. The van der Waals surface area contributed by atoms with Crippen LogP contribution >= 0.6 is 7.26 Å². The first-order valence-corrected chi connectivity index (χ1v) is 27.5. The molecule has 3 rings (SSSR count). The number of methoxy groups -OCH3 is 1. The van der Waals surface area contributed by atoms with Crippen LogP contribution in [0.25, 0.3) is 0 Å². The van der Waals surface area contributed by atoms with Crippen molar-refractivity contribution in [2.45, 2.75) is 224 Å². The summed E-state index contributed by atoms with van der Waals surface area (Å²) in [6.07, 6.45) is -2.89. The highest BCUT2D eigenvalue weighted by atomic mass is 35.5. The molecule has 3 heterocycles. The largest absolute Gasteiger partial charge is 1.00 e. The van der Waals surface area contributed by atoms with Crippen molar-refractivity contribution in [2.24, 2.45) is 17.8 Å². The third-order valence-electron chi connectivity index (χ3n) is 14.5. The van der Waals surface area contributed by atoms with Gasteiger partial charge >= 0.3 is 5.97 Å². The van der Waals surface area contributed by atoms with Crippen LogP contribution in [0.4, 0.5) is 0 Å². The molecule has 0 radical (unpaired) electrons. The zero-order valence-electron chi connectivity index (χ0n) is 42.9. The molecule has 15 nitrogen and oxygen atoms in total. The lowest BCUT2D eigenvalue weighted by Gasteiger charge is -2.48.